The van der Waals surface area contributed by atoms with Crippen LogP contribution in [0.2, 0.25) is 0 Å². The van der Waals surface area contributed by atoms with Crippen LogP contribution < -0.4 is 0 Å². The van der Waals surface area contributed by atoms with Crippen LogP contribution in [0.3, 0.4) is 0 Å². The minimum Gasteiger partial charge on any atom is -0.469 e. The van der Waals surface area contributed by atoms with Gasteiger partial charge in [-0.05, 0) is 19.4 Å². The van der Waals surface area contributed by atoms with Crippen molar-refractivity contribution in [3.63, 3.8) is 0 Å². The molecule has 0 spiro atoms. The standard InChI is InChI=1S/C12H17N3O3/c1-9(15-6-3-5-13-15)11(16)14-7-4-10(8-14)12(17)18-2/h3,5-6,9-10H,4,7-8H2,1-2H3. The van der Waals surface area contributed by atoms with Gasteiger partial charge >= 0.3 is 5.97 Å². The maximum atomic E-state index is 12.2. The Morgan fingerprint density at radius 1 is 1.50 bits per heavy atom. The molecule has 2 atom stereocenters. The van der Waals surface area contributed by atoms with Crippen molar-refractivity contribution in [2.45, 2.75) is 19.4 Å². The van der Waals surface area contributed by atoms with Crippen LogP contribution in [0, 0.1) is 5.92 Å². The summed E-state index contributed by atoms with van der Waals surface area (Å²) < 4.78 is 6.32. The van der Waals surface area contributed by atoms with Crippen LogP contribution in [0.25, 0.3) is 0 Å². The molecule has 0 saturated carbocycles. The zero-order chi connectivity index (χ0) is 13.1. The number of esters is 1. The van der Waals surface area contributed by atoms with Crippen LogP contribution in [0.5, 0.6) is 0 Å². The second kappa shape index (κ2) is 5.20. The third kappa shape index (κ3) is 2.37. The Morgan fingerprint density at radius 3 is 2.89 bits per heavy atom. The van der Waals surface area contributed by atoms with E-state index in [1.807, 2.05) is 0 Å². The fraction of sp³-hybridized carbons (Fsp3) is 0.583. The van der Waals surface area contributed by atoms with Gasteiger partial charge in [0.1, 0.15) is 6.04 Å². The predicted molar refractivity (Wildman–Crippen MR) is 63.6 cm³/mol. The summed E-state index contributed by atoms with van der Waals surface area (Å²) >= 11 is 0. The lowest BCUT2D eigenvalue weighted by molar-refractivity contribution is -0.145. The van der Waals surface area contributed by atoms with Gasteiger partial charge in [0, 0.05) is 25.5 Å². The number of amides is 1. The van der Waals surface area contributed by atoms with Crippen LogP contribution in [-0.2, 0) is 14.3 Å². The number of ether oxygens (including phenoxy) is 1. The average molecular weight is 251 g/mol. The summed E-state index contributed by atoms with van der Waals surface area (Å²) in [6.45, 7) is 2.85. The average Bonchev–Trinajstić information content (AvgIpc) is 3.06. The monoisotopic (exact) mass is 251 g/mol. The smallest absolute Gasteiger partial charge is 0.310 e. The molecule has 0 aliphatic carbocycles. The molecule has 1 fully saturated rings. The molecule has 1 aromatic rings. The lowest BCUT2D eigenvalue weighted by Crippen LogP contribution is -2.35. The maximum absolute atomic E-state index is 12.2. The molecule has 0 bridgehead atoms. The van der Waals surface area contributed by atoms with Gasteiger partial charge in [-0.15, -0.1) is 0 Å². The lowest BCUT2D eigenvalue weighted by Gasteiger charge is -2.20. The van der Waals surface area contributed by atoms with Crippen LogP contribution in [0.1, 0.15) is 19.4 Å². The molecule has 1 amide bonds. The van der Waals surface area contributed by atoms with E-state index in [1.165, 1.54) is 7.11 Å². The first-order chi connectivity index (χ1) is 8.63. The summed E-state index contributed by atoms with van der Waals surface area (Å²) in [6, 6.07) is 1.45. The molecule has 6 heteroatoms. The van der Waals surface area contributed by atoms with E-state index in [2.05, 4.69) is 5.10 Å². The number of methoxy groups -OCH3 is 1. The van der Waals surface area contributed by atoms with Gasteiger partial charge in [0.25, 0.3) is 0 Å². The summed E-state index contributed by atoms with van der Waals surface area (Å²) in [7, 11) is 1.37. The van der Waals surface area contributed by atoms with Gasteiger partial charge in [0.2, 0.25) is 5.91 Å². The van der Waals surface area contributed by atoms with Crippen molar-refractivity contribution in [3.8, 4) is 0 Å². The first-order valence-corrected chi connectivity index (χ1v) is 5.99. The maximum Gasteiger partial charge on any atom is 0.310 e. The fourth-order valence-electron chi connectivity index (χ4n) is 2.21. The van der Waals surface area contributed by atoms with Gasteiger partial charge in [0.05, 0.1) is 13.0 Å². The molecule has 98 valence electrons. The lowest BCUT2D eigenvalue weighted by atomic mass is 10.1. The van der Waals surface area contributed by atoms with Crippen LogP contribution in [0.15, 0.2) is 18.5 Å². The molecular weight excluding hydrogens is 234 g/mol. The van der Waals surface area contributed by atoms with Gasteiger partial charge in [-0.1, -0.05) is 0 Å². The number of carbonyl (C=O) groups is 2. The van der Waals surface area contributed by atoms with Crippen molar-refractivity contribution in [2.75, 3.05) is 20.2 Å². The minimum absolute atomic E-state index is 0.00916. The number of hydrogen-bond donors (Lipinski definition) is 0. The Morgan fingerprint density at radius 2 is 2.28 bits per heavy atom. The molecule has 6 nitrogen and oxygen atoms in total. The molecule has 1 aliphatic rings. The number of hydrogen-bond acceptors (Lipinski definition) is 4. The first kappa shape index (κ1) is 12.6. The zero-order valence-corrected chi connectivity index (χ0v) is 10.6. The van der Waals surface area contributed by atoms with E-state index in [-0.39, 0.29) is 23.8 Å². The van der Waals surface area contributed by atoms with E-state index in [0.29, 0.717) is 19.5 Å². The number of likely N-dealkylation sites (tertiary alicyclic amines) is 1. The summed E-state index contributed by atoms with van der Waals surface area (Å²) in [5.74, 6) is -0.439. The van der Waals surface area contributed by atoms with E-state index in [0.717, 1.165) is 0 Å². The van der Waals surface area contributed by atoms with Gasteiger partial charge < -0.3 is 9.64 Å². The highest BCUT2D eigenvalue weighted by Gasteiger charge is 2.33. The van der Waals surface area contributed by atoms with Crippen LogP contribution in [-0.4, -0.2) is 46.8 Å². The van der Waals surface area contributed by atoms with Crippen molar-refractivity contribution in [1.29, 1.82) is 0 Å². The minimum atomic E-state index is -0.337. The second-order valence-corrected chi connectivity index (χ2v) is 4.46. The summed E-state index contributed by atoms with van der Waals surface area (Å²) in [5, 5.41) is 4.06. The van der Waals surface area contributed by atoms with E-state index >= 15 is 0 Å². The van der Waals surface area contributed by atoms with E-state index in [1.54, 1.807) is 35.0 Å². The molecular formula is C12H17N3O3. The number of nitrogens with zero attached hydrogens (tertiary/aromatic N) is 3. The van der Waals surface area contributed by atoms with Crippen LogP contribution >= 0.6 is 0 Å². The van der Waals surface area contributed by atoms with E-state index < -0.39 is 0 Å². The SMILES string of the molecule is COC(=O)C1CCN(C(=O)C(C)n2cccn2)C1. The highest BCUT2D eigenvalue weighted by Crippen LogP contribution is 2.20. The summed E-state index contributed by atoms with van der Waals surface area (Å²) in [6.07, 6.45) is 4.08. The molecule has 1 saturated heterocycles. The molecule has 2 heterocycles. The van der Waals surface area contributed by atoms with E-state index in [4.69, 9.17) is 4.74 Å². The molecule has 0 N–H and O–H groups in total. The molecule has 2 rings (SSSR count). The number of carbonyl (C=O) groups excluding carboxylic acids is 2. The quantitative estimate of drug-likeness (QED) is 0.732. The highest BCUT2D eigenvalue weighted by molar-refractivity contribution is 5.82. The Kier molecular flexibility index (Phi) is 3.64. The normalized spacial score (nSPS) is 20.8. The zero-order valence-electron chi connectivity index (χ0n) is 10.6. The van der Waals surface area contributed by atoms with Crippen molar-refractivity contribution >= 4 is 11.9 Å². The Labute approximate surface area is 106 Å². The molecule has 0 radical (unpaired) electrons. The summed E-state index contributed by atoms with van der Waals surface area (Å²) in [4.78, 5) is 25.3. The van der Waals surface area contributed by atoms with Crippen molar-refractivity contribution in [2.24, 2.45) is 5.92 Å². The molecule has 1 aromatic heterocycles. The first-order valence-electron chi connectivity index (χ1n) is 5.99. The highest BCUT2D eigenvalue weighted by atomic mass is 16.5. The topological polar surface area (TPSA) is 64.4 Å². The molecule has 18 heavy (non-hydrogen) atoms. The third-order valence-electron chi connectivity index (χ3n) is 3.31. The van der Waals surface area contributed by atoms with Crippen molar-refractivity contribution in [1.82, 2.24) is 14.7 Å². The van der Waals surface area contributed by atoms with Gasteiger partial charge in [-0.25, -0.2) is 0 Å². The third-order valence-corrected chi connectivity index (χ3v) is 3.31. The molecule has 2 unspecified atom stereocenters. The molecule has 1 aliphatic heterocycles. The Hall–Kier alpha value is -1.85. The second-order valence-electron chi connectivity index (χ2n) is 4.46. The largest absolute Gasteiger partial charge is 0.469 e. The number of rotatable bonds is 3. The van der Waals surface area contributed by atoms with Crippen LogP contribution in [0.4, 0.5) is 0 Å². The number of aromatic nitrogens is 2. The Balaban J connectivity index is 1.97. The summed E-state index contributed by atoms with van der Waals surface area (Å²) in [5.41, 5.74) is 0. The van der Waals surface area contributed by atoms with Crippen molar-refractivity contribution in [3.05, 3.63) is 18.5 Å². The van der Waals surface area contributed by atoms with Crippen molar-refractivity contribution < 1.29 is 14.3 Å². The van der Waals surface area contributed by atoms with E-state index in [9.17, 15) is 9.59 Å². The van der Waals surface area contributed by atoms with Gasteiger partial charge in [-0.2, -0.15) is 5.10 Å². The predicted octanol–water partition coefficient (Wildman–Crippen LogP) is 0.466. The Bertz CT molecular complexity index is 430. The fourth-order valence-corrected chi connectivity index (χ4v) is 2.21. The van der Waals surface area contributed by atoms with Gasteiger partial charge in [-0.3, -0.25) is 14.3 Å². The molecule has 0 aromatic carbocycles. The van der Waals surface area contributed by atoms with Gasteiger partial charge in [0.15, 0.2) is 0 Å².